The highest BCUT2D eigenvalue weighted by molar-refractivity contribution is 5.85. The highest BCUT2D eigenvalue weighted by Crippen LogP contribution is 2.15. The molecule has 16 heavy (non-hydrogen) atoms. The Morgan fingerprint density at radius 1 is 1.19 bits per heavy atom. The summed E-state index contributed by atoms with van der Waals surface area (Å²) >= 11 is 0. The standard InChI is InChI=1S/C12H23NO3/c1-6-8(4)9(5)11(14)13-10(7(2)3)12(15)16/h7-10H,6H2,1-5H3,(H,13,14)(H,15,16)/t8?,9?,10-/m0/s1. The summed E-state index contributed by atoms with van der Waals surface area (Å²) in [6.45, 7) is 9.42. The van der Waals surface area contributed by atoms with Crippen LogP contribution in [0.3, 0.4) is 0 Å². The second kappa shape index (κ2) is 6.51. The summed E-state index contributed by atoms with van der Waals surface area (Å²) in [6.07, 6.45) is 0.911. The van der Waals surface area contributed by atoms with Gasteiger partial charge in [-0.15, -0.1) is 0 Å². The van der Waals surface area contributed by atoms with Crippen molar-refractivity contribution in [2.75, 3.05) is 0 Å². The van der Waals surface area contributed by atoms with Gasteiger partial charge in [0, 0.05) is 5.92 Å². The normalized spacial score (nSPS) is 16.6. The van der Waals surface area contributed by atoms with E-state index in [9.17, 15) is 9.59 Å². The number of carbonyl (C=O) groups is 2. The fourth-order valence-corrected chi connectivity index (χ4v) is 1.41. The number of carboxylic acids is 1. The third-order valence-corrected chi connectivity index (χ3v) is 3.14. The second-order valence-electron chi connectivity index (χ2n) is 4.74. The highest BCUT2D eigenvalue weighted by Gasteiger charge is 2.27. The Balaban J connectivity index is 4.46. The molecule has 0 spiro atoms. The van der Waals surface area contributed by atoms with E-state index in [1.165, 1.54) is 0 Å². The van der Waals surface area contributed by atoms with Crippen LogP contribution in [0.1, 0.15) is 41.0 Å². The van der Waals surface area contributed by atoms with Crippen LogP contribution in [0.4, 0.5) is 0 Å². The predicted molar refractivity (Wildman–Crippen MR) is 63.0 cm³/mol. The molecule has 0 saturated heterocycles. The molecular formula is C12H23NO3. The molecular weight excluding hydrogens is 206 g/mol. The molecule has 0 saturated carbocycles. The Bertz CT molecular complexity index is 251. The number of rotatable bonds is 6. The molecule has 0 aliphatic rings. The van der Waals surface area contributed by atoms with Crippen LogP contribution in [0, 0.1) is 17.8 Å². The fraction of sp³-hybridized carbons (Fsp3) is 0.833. The van der Waals surface area contributed by atoms with Crippen LogP contribution in [0.5, 0.6) is 0 Å². The molecule has 2 unspecified atom stereocenters. The zero-order valence-corrected chi connectivity index (χ0v) is 10.8. The minimum Gasteiger partial charge on any atom is -0.480 e. The van der Waals surface area contributed by atoms with E-state index in [4.69, 9.17) is 5.11 Å². The number of nitrogens with one attached hydrogen (secondary N) is 1. The summed E-state index contributed by atoms with van der Waals surface area (Å²) in [6, 6.07) is -0.793. The van der Waals surface area contributed by atoms with Gasteiger partial charge >= 0.3 is 5.97 Å². The first-order valence-corrected chi connectivity index (χ1v) is 5.84. The van der Waals surface area contributed by atoms with Crippen molar-refractivity contribution >= 4 is 11.9 Å². The molecule has 0 aromatic carbocycles. The Kier molecular flexibility index (Phi) is 6.08. The molecule has 0 aliphatic carbocycles. The molecule has 0 fully saturated rings. The Hall–Kier alpha value is -1.06. The number of carbonyl (C=O) groups excluding carboxylic acids is 1. The summed E-state index contributed by atoms with van der Waals surface area (Å²) in [7, 11) is 0. The van der Waals surface area contributed by atoms with E-state index in [0.717, 1.165) is 6.42 Å². The van der Waals surface area contributed by atoms with Gasteiger partial charge in [-0.3, -0.25) is 4.79 Å². The minimum absolute atomic E-state index is 0.106. The molecule has 3 atom stereocenters. The molecule has 0 radical (unpaired) electrons. The van der Waals surface area contributed by atoms with Gasteiger partial charge in [-0.1, -0.05) is 41.0 Å². The number of carboxylic acid groups (broad SMARTS) is 1. The molecule has 0 aromatic rings. The van der Waals surface area contributed by atoms with Crippen LogP contribution < -0.4 is 5.32 Å². The van der Waals surface area contributed by atoms with Crippen LogP contribution in [0.2, 0.25) is 0 Å². The van der Waals surface area contributed by atoms with Crippen LogP contribution in [0.15, 0.2) is 0 Å². The lowest BCUT2D eigenvalue weighted by atomic mass is 9.92. The van der Waals surface area contributed by atoms with Gasteiger partial charge in [0.05, 0.1) is 0 Å². The van der Waals surface area contributed by atoms with E-state index in [-0.39, 0.29) is 23.7 Å². The maximum atomic E-state index is 11.8. The van der Waals surface area contributed by atoms with Gasteiger partial charge in [0.2, 0.25) is 5.91 Å². The van der Waals surface area contributed by atoms with Gasteiger partial charge in [-0.2, -0.15) is 0 Å². The first kappa shape index (κ1) is 14.9. The molecule has 2 N–H and O–H groups in total. The van der Waals surface area contributed by atoms with Crippen molar-refractivity contribution in [1.82, 2.24) is 5.32 Å². The Morgan fingerprint density at radius 3 is 2.00 bits per heavy atom. The van der Waals surface area contributed by atoms with E-state index < -0.39 is 12.0 Å². The summed E-state index contributed by atoms with van der Waals surface area (Å²) < 4.78 is 0. The summed E-state index contributed by atoms with van der Waals surface area (Å²) in [5.41, 5.74) is 0. The predicted octanol–water partition coefficient (Wildman–Crippen LogP) is 1.89. The van der Waals surface area contributed by atoms with Crippen molar-refractivity contribution in [3.05, 3.63) is 0 Å². The number of aliphatic carboxylic acids is 1. The van der Waals surface area contributed by atoms with Crippen molar-refractivity contribution in [3.8, 4) is 0 Å². The lowest BCUT2D eigenvalue weighted by Crippen LogP contribution is -2.47. The zero-order chi connectivity index (χ0) is 12.9. The second-order valence-corrected chi connectivity index (χ2v) is 4.74. The molecule has 0 aromatic heterocycles. The number of amides is 1. The van der Waals surface area contributed by atoms with Gasteiger partial charge in [0.15, 0.2) is 0 Å². The van der Waals surface area contributed by atoms with Crippen molar-refractivity contribution in [2.24, 2.45) is 17.8 Å². The minimum atomic E-state index is -0.972. The van der Waals surface area contributed by atoms with Crippen LogP contribution in [-0.4, -0.2) is 23.0 Å². The number of hydrogen-bond donors (Lipinski definition) is 2. The molecule has 0 rings (SSSR count). The average Bonchev–Trinajstić information content (AvgIpc) is 2.22. The maximum Gasteiger partial charge on any atom is 0.326 e. The quantitative estimate of drug-likeness (QED) is 0.731. The van der Waals surface area contributed by atoms with Gasteiger partial charge in [0.25, 0.3) is 0 Å². The lowest BCUT2D eigenvalue weighted by Gasteiger charge is -2.23. The lowest BCUT2D eigenvalue weighted by molar-refractivity contribution is -0.144. The van der Waals surface area contributed by atoms with Crippen LogP contribution in [0.25, 0.3) is 0 Å². The fourth-order valence-electron chi connectivity index (χ4n) is 1.41. The number of hydrogen-bond acceptors (Lipinski definition) is 2. The summed E-state index contributed by atoms with van der Waals surface area (Å²) in [5.74, 6) is -1.13. The SMILES string of the molecule is CCC(C)C(C)C(=O)N[C@H](C(=O)O)C(C)C. The first-order chi connectivity index (χ1) is 7.31. The highest BCUT2D eigenvalue weighted by atomic mass is 16.4. The molecule has 4 nitrogen and oxygen atoms in total. The van der Waals surface area contributed by atoms with E-state index >= 15 is 0 Å². The Labute approximate surface area is 97.4 Å². The van der Waals surface area contributed by atoms with Gasteiger partial charge in [-0.05, 0) is 11.8 Å². The van der Waals surface area contributed by atoms with E-state index in [1.807, 2.05) is 20.8 Å². The molecule has 0 aliphatic heterocycles. The van der Waals surface area contributed by atoms with Crippen LogP contribution in [-0.2, 0) is 9.59 Å². The van der Waals surface area contributed by atoms with Gasteiger partial charge < -0.3 is 10.4 Å². The third-order valence-electron chi connectivity index (χ3n) is 3.14. The molecule has 94 valence electrons. The monoisotopic (exact) mass is 229 g/mol. The van der Waals surface area contributed by atoms with Gasteiger partial charge in [0.1, 0.15) is 6.04 Å². The molecule has 0 heterocycles. The third kappa shape index (κ3) is 4.21. The largest absolute Gasteiger partial charge is 0.480 e. The molecule has 1 amide bonds. The zero-order valence-electron chi connectivity index (χ0n) is 10.8. The average molecular weight is 229 g/mol. The summed E-state index contributed by atoms with van der Waals surface area (Å²) in [5, 5.41) is 11.5. The van der Waals surface area contributed by atoms with E-state index in [2.05, 4.69) is 5.32 Å². The van der Waals surface area contributed by atoms with Crippen molar-refractivity contribution in [1.29, 1.82) is 0 Å². The van der Waals surface area contributed by atoms with E-state index in [1.54, 1.807) is 13.8 Å². The van der Waals surface area contributed by atoms with Crippen molar-refractivity contribution < 1.29 is 14.7 Å². The van der Waals surface area contributed by atoms with Gasteiger partial charge in [-0.25, -0.2) is 4.79 Å². The Morgan fingerprint density at radius 2 is 1.69 bits per heavy atom. The molecule has 4 heteroatoms. The first-order valence-electron chi connectivity index (χ1n) is 5.84. The molecule has 0 bridgehead atoms. The smallest absolute Gasteiger partial charge is 0.326 e. The van der Waals surface area contributed by atoms with E-state index in [0.29, 0.717) is 0 Å². The van der Waals surface area contributed by atoms with Crippen LogP contribution >= 0.6 is 0 Å². The summed E-state index contributed by atoms with van der Waals surface area (Å²) in [4.78, 5) is 22.7. The van der Waals surface area contributed by atoms with Crippen molar-refractivity contribution in [2.45, 2.75) is 47.1 Å². The van der Waals surface area contributed by atoms with Crippen molar-refractivity contribution in [3.63, 3.8) is 0 Å². The topological polar surface area (TPSA) is 66.4 Å². The maximum absolute atomic E-state index is 11.8.